The van der Waals surface area contributed by atoms with Crippen LogP contribution in [0.1, 0.15) is 18.0 Å². The molecule has 1 heterocycles. The van der Waals surface area contributed by atoms with Crippen LogP contribution in [0.15, 0.2) is 12.1 Å². The van der Waals surface area contributed by atoms with Crippen molar-refractivity contribution in [1.29, 1.82) is 0 Å². The SMILES string of the molecule is Cl.N[C@H](CC(F)F)c1ccc(Cl)nc1Cl. The molecule has 0 bridgehead atoms. The van der Waals surface area contributed by atoms with Gasteiger partial charge < -0.3 is 5.73 Å². The fourth-order valence-corrected chi connectivity index (χ4v) is 1.50. The van der Waals surface area contributed by atoms with E-state index in [0.29, 0.717) is 5.56 Å². The van der Waals surface area contributed by atoms with Gasteiger partial charge in [0.25, 0.3) is 0 Å². The Morgan fingerprint density at radius 1 is 1.33 bits per heavy atom. The molecule has 0 fully saturated rings. The van der Waals surface area contributed by atoms with Crippen LogP contribution in [0.2, 0.25) is 10.3 Å². The van der Waals surface area contributed by atoms with Crippen LogP contribution in [0.4, 0.5) is 8.78 Å². The second-order valence-corrected chi connectivity index (χ2v) is 3.49. The first-order chi connectivity index (χ1) is 6.50. The second kappa shape index (κ2) is 6.43. The number of halogens is 5. The van der Waals surface area contributed by atoms with Gasteiger partial charge in [0.15, 0.2) is 0 Å². The monoisotopic (exact) mass is 276 g/mol. The summed E-state index contributed by atoms with van der Waals surface area (Å²) in [4.78, 5) is 3.71. The van der Waals surface area contributed by atoms with Crippen molar-refractivity contribution in [3.63, 3.8) is 0 Å². The Balaban J connectivity index is 0.00000196. The van der Waals surface area contributed by atoms with Crippen LogP contribution in [-0.4, -0.2) is 11.4 Å². The third-order valence-corrected chi connectivity index (χ3v) is 2.19. The first-order valence-corrected chi connectivity index (χ1v) is 4.62. The molecule has 1 aromatic heterocycles. The average Bonchev–Trinajstić information content (AvgIpc) is 2.01. The maximum atomic E-state index is 12.0. The Bertz CT molecular complexity index is 323. The fourth-order valence-electron chi connectivity index (χ4n) is 1.02. The summed E-state index contributed by atoms with van der Waals surface area (Å²) in [6, 6.07) is 2.16. The van der Waals surface area contributed by atoms with Gasteiger partial charge in [-0.05, 0) is 6.07 Å². The van der Waals surface area contributed by atoms with Gasteiger partial charge in [-0.2, -0.15) is 0 Å². The number of rotatable bonds is 3. The minimum atomic E-state index is -2.46. The highest BCUT2D eigenvalue weighted by Gasteiger charge is 2.16. The lowest BCUT2D eigenvalue weighted by Crippen LogP contribution is -2.14. The molecule has 1 rings (SSSR count). The van der Waals surface area contributed by atoms with Crippen LogP contribution in [0.5, 0.6) is 0 Å². The first kappa shape index (κ1) is 14.8. The number of aromatic nitrogens is 1. The molecule has 86 valence electrons. The number of nitrogens with two attached hydrogens (primary N) is 1. The number of alkyl halides is 2. The van der Waals surface area contributed by atoms with Gasteiger partial charge in [-0.3, -0.25) is 0 Å². The van der Waals surface area contributed by atoms with E-state index < -0.39 is 18.9 Å². The van der Waals surface area contributed by atoms with Crippen molar-refractivity contribution in [2.45, 2.75) is 18.9 Å². The zero-order chi connectivity index (χ0) is 10.7. The molecular weight excluding hydrogens is 268 g/mol. The molecule has 2 N–H and O–H groups in total. The highest BCUT2D eigenvalue weighted by Crippen LogP contribution is 2.25. The fraction of sp³-hybridized carbons (Fsp3) is 0.375. The van der Waals surface area contributed by atoms with Crippen LogP contribution >= 0.6 is 35.6 Å². The molecule has 0 saturated carbocycles. The lowest BCUT2D eigenvalue weighted by Gasteiger charge is -2.12. The van der Waals surface area contributed by atoms with Gasteiger partial charge in [0.2, 0.25) is 6.43 Å². The molecule has 0 amide bonds. The average molecular weight is 278 g/mol. The van der Waals surface area contributed by atoms with Crippen LogP contribution in [0.25, 0.3) is 0 Å². The Morgan fingerprint density at radius 2 is 1.93 bits per heavy atom. The molecular formula is C8H9Cl3F2N2. The van der Waals surface area contributed by atoms with E-state index in [1.54, 1.807) is 0 Å². The minimum absolute atomic E-state index is 0. The summed E-state index contributed by atoms with van der Waals surface area (Å²) in [5.41, 5.74) is 5.88. The van der Waals surface area contributed by atoms with Crippen molar-refractivity contribution in [2.75, 3.05) is 0 Å². The molecule has 1 aromatic rings. The summed E-state index contributed by atoms with van der Waals surface area (Å²) < 4.78 is 24.0. The Labute approximate surface area is 102 Å². The summed E-state index contributed by atoms with van der Waals surface area (Å²) >= 11 is 11.2. The molecule has 0 aromatic carbocycles. The summed E-state index contributed by atoms with van der Waals surface area (Å²) in [7, 11) is 0. The molecule has 0 radical (unpaired) electrons. The molecule has 0 spiro atoms. The standard InChI is InChI=1S/C8H8Cl2F2N2.ClH/c9-6-2-1-4(8(10)14-6)5(13)3-7(11)12;/h1-2,5,7H,3,13H2;1H/t5-;/m1./s1. The molecule has 0 aliphatic carbocycles. The number of hydrogen-bond donors (Lipinski definition) is 1. The zero-order valence-corrected chi connectivity index (χ0v) is 9.79. The number of nitrogens with zero attached hydrogens (tertiary/aromatic N) is 1. The van der Waals surface area contributed by atoms with Crippen molar-refractivity contribution in [3.8, 4) is 0 Å². The van der Waals surface area contributed by atoms with E-state index in [4.69, 9.17) is 28.9 Å². The van der Waals surface area contributed by atoms with Gasteiger partial charge in [0.05, 0.1) is 0 Å². The van der Waals surface area contributed by atoms with Gasteiger partial charge >= 0.3 is 0 Å². The molecule has 0 saturated heterocycles. The van der Waals surface area contributed by atoms with Crippen LogP contribution in [-0.2, 0) is 0 Å². The van der Waals surface area contributed by atoms with E-state index >= 15 is 0 Å². The number of hydrogen-bond acceptors (Lipinski definition) is 2. The van der Waals surface area contributed by atoms with Gasteiger partial charge in [0, 0.05) is 18.0 Å². The summed E-state index contributed by atoms with van der Waals surface area (Å²) in [6.45, 7) is 0. The molecule has 7 heteroatoms. The van der Waals surface area contributed by atoms with Gasteiger partial charge in [-0.25, -0.2) is 13.8 Å². The van der Waals surface area contributed by atoms with Crippen LogP contribution < -0.4 is 5.73 Å². The quantitative estimate of drug-likeness (QED) is 0.859. The normalized spacial score (nSPS) is 12.4. The Hall–Kier alpha value is -0.160. The molecule has 15 heavy (non-hydrogen) atoms. The van der Waals surface area contributed by atoms with Gasteiger partial charge in [0.1, 0.15) is 10.3 Å². The maximum Gasteiger partial charge on any atom is 0.240 e. The zero-order valence-electron chi connectivity index (χ0n) is 7.46. The second-order valence-electron chi connectivity index (χ2n) is 2.75. The first-order valence-electron chi connectivity index (χ1n) is 3.86. The van der Waals surface area contributed by atoms with E-state index in [1.165, 1.54) is 12.1 Å². The van der Waals surface area contributed by atoms with Crippen molar-refractivity contribution in [3.05, 3.63) is 28.0 Å². The third kappa shape index (κ3) is 4.47. The molecule has 0 aliphatic heterocycles. The van der Waals surface area contributed by atoms with Crippen molar-refractivity contribution in [2.24, 2.45) is 5.73 Å². The van der Waals surface area contributed by atoms with Gasteiger partial charge in [-0.1, -0.05) is 29.3 Å². The van der Waals surface area contributed by atoms with E-state index in [2.05, 4.69) is 4.98 Å². The predicted octanol–water partition coefficient (Wildman–Crippen LogP) is 3.47. The van der Waals surface area contributed by atoms with Crippen molar-refractivity contribution in [1.82, 2.24) is 4.98 Å². The van der Waals surface area contributed by atoms with E-state index in [0.717, 1.165) is 0 Å². The summed E-state index contributed by atoms with van der Waals surface area (Å²) in [5.74, 6) is 0. The minimum Gasteiger partial charge on any atom is -0.324 e. The summed E-state index contributed by atoms with van der Waals surface area (Å²) in [5, 5.41) is 0.286. The largest absolute Gasteiger partial charge is 0.324 e. The lowest BCUT2D eigenvalue weighted by atomic mass is 10.1. The smallest absolute Gasteiger partial charge is 0.240 e. The Morgan fingerprint density at radius 3 is 2.40 bits per heavy atom. The van der Waals surface area contributed by atoms with Crippen molar-refractivity contribution < 1.29 is 8.78 Å². The third-order valence-electron chi connectivity index (χ3n) is 1.68. The number of pyridine rings is 1. The van der Waals surface area contributed by atoms with E-state index in [9.17, 15) is 8.78 Å². The predicted molar refractivity (Wildman–Crippen MR) is 59.1 cm³/mol. The van der Waals surface area contributed by atoms with E-state index in [1.807, 2.05) is 0 Å². The molecule has 1 atom stereocenters. The maximum absolute atomic E-state index is 12.0. The summed E-state index contributed by atoms with van der Waals surface area (Å²) in [6.07, 6.45) is -2.90. The topological polar surface area (TPSA) is 38.9 Å². The van der Waals surface area contributed by atoms with Gasteiger partial charge in [-0.15, -0.1) is 12.4 Å². The highest BCUT2D eigenvalue weighted by atomic mass is 35.5. The highest BCUT2D eigenvalue weighted by molar-refractivity contribution is 6.32. The van der Waals surface area contributed by atoms with Crippen LogP contribution in [0.3, 0.4) is 0 Å². The van der Waals surface area contributed by atoms with Crippen molar-refractivity contribution >= 4 is 35.6 Å². The lowest BCUT2D eigenvalue weighted by molar-refractivity contribution is 0.128. The van der Waals surface area contributed by atoms with Crippen LogP contribution in [0, 0.1) is 0 Å². The molecule has 0 unspecified atom stereocenters. The molecule has 2 nitrogen and oxygen atoms in total. The molecule has 0 aliphatic rings. The Kier molecular flexibility index (Phi) is 6.36. The van der Waals surface area contributed by atoms with E-state index in [-0.39, 0.29) is 22.7 Å².